The standard InChI is InChI=1S/C22H25N3O.ClH/c26-22(17-9-6-12-23-13-17)25-14-19(16-7-2-1-3-8-16)20-15-24-21-11-5-4-10-18(20)21;/h1-5,7-8,10-11,15,17,19,23-24H,6,9,12-14H2,(H,25,26);1H. The predicted octanol–water partition coefficient (Wildman–Crippen LogP) is 3.84. The zero-order valence-electron chi connectivity index (χ0n) is 15.3. The first-order chi connectivity index (χ1) is 12.8. The zero-order chi connectivity index (χ0) is 17.8. The maximum absolute atomic E-state index is 12.6. The van der Waals surface area contributed by atoms with Crippen LogP contribution < -0.4 is 10.6 Å². The van der Waals surface area contributed by atoms with Crippen LogP contribution in [0.4, 0.5) is 0 Å². The van der Waals surface area contributed by atoms with Gasteiger partial charge in [-0.3, -0.25) is 4.79 Å². The summed E-state index contributed by atoms with van der Waals surface area (Å²) in [4.78, 5) is 16.0. The third kappa shape index (κ3) is 4.34. The molecule has 4 rings (SSSR count). The monoisotopic (exact) mass is 383 g/mol. The molecule has 5 heteroatoms. The number of carbonyl (C=O) groups excluding carboxylic acids is 1. The van der Waals surface area contributed by atoms with Gasteiger partial charge in [-0.2, -0.15) is 0 Å². The third-order valence-electron chi connectivity index (χ3n) is 5.35. The Morgan fingerprint density at radius 2 is 1.89 bits per heavy atom. The Balaban J connectivity index is 0.00000210. The molecule has 0 bridgehead atoms. The molecule has 2 atom stereocenters. The first-order valence-corrected chi connectivity index (χ1v) is 9.42. The second kappa shape index (κ2) is 9.07. The highest BCUT2D eigenvalue weighted by atomic mass is 35.5. The fraction of sp³-hybridized carbons (Fsp3) is 0.318. The quantitative estimate of drug-likeness (QED) is 0.627. The number of hydrogen-bond donors (Lipinski definition) is 3. The van der Waals surface area contributed by atoms with Crippen molar-refractivity contribution in [2.45, 2.75) is 18.8 Å². The molecule has 3 N–H and O–H groups in total. The first kappa shape index (κ1) is 19.5. The largest absolute Gasteiger partial charge is 0.361 e. The van der Waals surface area contributed by atoms with Gasteiger partial charge in [-0.15, -0.1) is 12.4 Å². The summed E-state index contributed by atoms with van der Waals surface area (Å²) in [5.41, 5.74) is 3.58. The normalized spacial score (nSPS) is 17.9. The smallest absolute Gasteiger partial charge is 0.224 e. The highest BCUT2D eigenvalue weighted by Crippen LogP contribution is 2.30. The number of rotatable bonds is 5. The van der Waals surface area contributed by atoms with Gasteiger partial charge in [0.15, 0.2) is 0 Å². The van der Waals surface area contributed by atoms with Gasteiger partial charge >= 0.3 is 0 Å². The van der Waals surface area contributed by atoms with Crippen LogP contribution in [0.3, 0.4) is 0 Å². The van der Waals surface area contributed by atoms with Gasteiger partial charge in [-0.05, 0) is 36.6 Å². The second-order valence-corrected chi connectivity index (χ2v) is 7.04. The molecular weight excluding hydrogens is 358 g/mol. The molecule has 1 saturated heterocycles. The van der Waals surface area contributed by atoms with Gasteiger partial charge in [0, 0.05) is 36.1 Å². The number of H-pyrrole nitrogens is 1. The lowest BCUT2D eigenvalue weighted by Gasteiger charge is -2.24. The molecule has 1 aliphatic heterocycles. The highest BCUT2D eigenvalue weighted by Gasteiger charge is 2.23. The van der Waals surface area contributed by atoms with Crippen molar-refractivity contribution < 1.29 is 4.79 Å². The molecule has 1 fully saturated rings. The van der Waals surface area contributed by atoms with E-state index in [4.69, 9.17) is 0 Å². The van der Waals surface area contributed by atoms with Crippen molar-refractivity contribution in [1.29, 1.82) is 0 Å². The molecule has 3 aromatic rings. The van der Waals surface area contributed by atoms with Gasteiger partial charge in [0.25, 0.3) is 0 Å². The summed E-state index contributed by atoms with van der Waals surface area (Å²) in [5, 5.41) is 7.75. The van der Waals surface area contributed by atoms with Crippen LogP contribution in [0, 0.1) is 5.92 Å². The van der Waals surface area contributed by atoms with Crippen molar-refractivity contribution in [2.24, 2.45) is 5.92 Å². The highest BCUT2D eigenvalue weighted by molar-refractivity contribution is 5.85. The van der Waals surface area contributed by atoms with Crippen LogP contribution >= 0.6 is 12.4 Å². The summed E-state index contributed by atoms with van der Waals surface area (Å²) < 4.78 is 0. The van der Waals surface area contributed by atoms with E-state index in [-0.39, 0.29) is 30.2 Å². The summed E-state index contributed by atoms with van der Waals surface area (Å²) in [6.45, 7) is 2.42. The molecule has 4 nitrogen and oxygen atoms in total. The van der Waals surface area contributed by atoms with Crippen LogP contribution in [0.5, 0.6) is 0 Å². The van der Waals surface area contributed by atoms with E-state index in [0.717, 1.165) is 31.4 Å². The number of hydrogen-bond acceptors (Lipinski definition) is 2. The number of para-hydroxylation sites is 1. The van der Waals surface area contributed by atoms with Crippen molar-refractivity contribution >= 4 is 29.2 Å². The molecule has 2 unspecified atom stereocenters. The van der Waals surface area contributed by atoms with Crippen LogP contribution in [0.25, 0.3) is 10.9 Å². The molecular formula is C22H26ClN3O. The number of aromatic amines is 1. The van der Waals surface area contributed by atoms with Gasteiger partial charge < -0.3 is 15.6 Å². The maximum atomic E-state index is 12.6. The van der Waals surface area contributed by atoms with Crippen LogP contribution in [0.1, 0.15) is 29.9 Å². The number of nitrogens with one attached hydrogen (secondary N) is 3. The number of halogens is 1. The summed E-state index contributed by atoms with van der Waals surface area (Å²) in [6.07, 6.45) is 4.13. The molecule has 1 aliphatic rings. The fourth-order valence-corrected chi connectivity index (χ4v) is 3.90. The molecule has 1 amide bonds. The molecule has 0 aliphatic carbocycles. The SMILES string of the molecule is Cl.O=C(NCC(c1ccccc1)c1c[nH]c2ccccc12)C1CCCNC1. The molecule has 0 saturated carbocycles. The number of piperidine rings is 1. The van der Waals surface area contributed by atoms with Crippen molar-refractivity contribution in [3.8, 4) is 0 Å². The molecule has 1 aromatic heterocycles. The summed E-state index contributed by atoms with van der Waals surface area (Å²) >= 11 is 0. The number of aromatic nitrogens is 1. The van der Waals surface area contributed by atoms with E-state index in [9.17, 15) is 4.79 Å². The van der Waals surface area contributed by atoms with Crippen molar-refractivity contribution in [1.82, 2.24) is 15.6 Å². The van der Waals surface area contributed by atoms with E-state index >= 15 is 0 Å². The fourth-order valence-electron chi connectivity index (χ4n) is 3.90. The molecule has 142 valence electrons. The topological polar surface area (TPSA) is 56.9 Å². The number of benzene rings is 2. The van der Waals surface area contributed by atoms with Gasteiger partial charge in [-0.25, -0.2) is 0 Å². The Kier molecular flexibility index (Phi) is 6.54. The van der Waals surface area contributed by atoms with Gasteiger partial charge in [0.05, 0.1) is 5.92 Å². The molecule has 0 spiro atoms. The van der Waals surface area contributed by atoms with Crippen LogP contribution in [-0.4, -0.2) is 30.5 Å². The zero-order valence-corrected chi connectivity index (χ0v) is 16.1. The first-order valence-electron chi connectivity index (χ1n) is 9.42. The van der Waals surface area contributed by atoms with E-state index in [0.29, 0.717) is 6.54 Å². The average Bonchev–Trinajstić information content (AvgIpc) is 3.14. The van der Waals surface area contributed by atoms with Gasteiger partial charge in [-0.1, -0.05) is 48.5 Å². The summed E-state index contributed by atoms with van der Waals surface area (Å²) in [5.74, 6) is 0.383. The predicted molar refractivity (Wildman–Crippen MR) is 112 cm³/mol. The lowest BCUT2D eigenvalue weighted by atomic mass is 9.90. The minimum absolute atomic E-state index is 0. The van der Waals surface area contributed by atoms with E-state index in [1.165, 1.54) is 16.5 Å². The Morgan fingerprint density at radius 1 is 1.11 bits per heavy atom. The molecule has 27 heavy (non-hydrogen) atoms. The minimum Gasteiger partial charge on any atom is -0.361 e. The average molecular weight is 384 g/mol. The summed E-state index contributed by atoms with van der Waals surface area (Å²) in [7, 11) is 0. The van der Waals surface area contributed by atoms with E-state index in [2.05, 4.69) is 64.3 Å². The number of amides is 1. The lowest BCUT2D eigenvalue weighted by molar-refractivity contribution is -0.125. The summed E-state index contributed by atoms with van der Waals surface area (Å²) in [6, 6.07) is 18.8. The van der Waals surface area contributed by atoms with Gasteiger partial charge in [0.1, 0.15) is 0 Å². The lowest BCUT2D eigenvalue weighted by Crippen LogP contribution is -2.41. The Labute approximate surface area is 166 Å². The van der Waals surface area contributed by atoms with E-state index < -0.39 is 0 Å². The minimum atomic E-state index is 0. The second-order valence-electron chi connectivity index (χ2n) is 7.04. The van der Waals surface area contributed by atoms with Crippen LogP contribution in [0.15, 0.2) is 60.8 Å². The molecule has 2 heterocycles. The Bertz CT molecular complexity index is 871. The Hall–Kier alpha value is -2.30. The van der Waals surface area contributed by atoms with Crippen molar-refractivity contribution in [3.63, 3.8) is 0 Å². The van der Waals surface area contributed by atoms with Crippen LogP contribution in [0.2, 0.25) is 0 Å². The van der Waals surface area contributed by atoms with E-state index in [1.54, 1.807) is 0 Å². The maximum Gasteiger partial charge on any atom is 0.224 e. The van der Waals surface area contributed by atoms with Crippen LogP contribution in [-0.2, 0) is 4.79 Å². The van der Waals surface area contributed by atoms with E-state index in [1.807, 2.05) is 12.1 Å². The molecule has 2 aromatic carbocycles. The molecule has 0 radical (unpaired) electrons. The van der Waals surface area contributed by atoms with Gasteiger partial charge in [0.2, 0.25) is 5.91 Å². The van der Waals surface area contributed by atoms with Crippen molar-refractivity contribution in [2.75, 3.05) is 19.6 Å². The number of fused-ring (bicyclic) bond motifs is 1. The third-order valence-corrected chi connectivity index (χ3v) is 5.35. The van der Waals surface area contributed by atoms with Crippen molar-refractivity contribution in [3.05, 3.63) is 71.9 Å². The Morgan fingerprint density at radius 3 is 2.67 bits per heavy atom. The number of carbonyl (C=O) groups is 1.